The van der Waals surface area contributed by atoms with Crippen molar-refractivity contribution in [2.75, 3.05) is 31.9 Å². The van der Waals surface area contributed by atoms with Gasteiger partial charge in [0, 0.05) is 48.2 Å². The van der Waals surface area contributed by atoms with Gasteiger partial charge in [-0.3, -0.25) is 9.69 Å². The molecule has 0 unspecified atom stereocenters. The molecule has 0 N–H and O–H groups in total. The lowest BCUT2D eigenvalue weighted by Crippen LogP contribution is -2.58. The largest absolute Gasteiger partial charge is 0.295 e. The maximum atomic E-state index is 12.8. The Labute approximate surface area is 184 Å². The summed E-state index contributed by atoms with van der Waals surface area (Å²) in [6, 6.07) is 7.60. The zero-order valence-corrected chi connectivity index (χ0v) is 19.8. The number of carbonyl (C=O) groups excluding carboxylic acids is 1. The van der Waals surface area contributed by atoms with Crippen molar-refractivity contribution in [3.63, 3.8) is 0 Å². The lowest BCUT2D eigenvalue weighted by Gasteiger charge is -2.50. The summed E-state index contributed by atoms with van der Waals surface area (Å²) in [6.07, 6.45) is 7.95. The number of hydrogen-bond acceptors (Lipinski definition) is 4. The SMILES string of the molecule is CCCS(=O)(=O)N1CCN(C2(CCC(=O)c3ccc(Br)cc3)CCCCC2)CC1. The summed E-state index contributed by atoms with van der Waals surface area (Å²) in [4.78, 5) is 15.3. The predicted molar refractivity (Wildman–Crippen MR) is 121 cm³/mol. The third-order valence-electron chi connectivity index (χ3n) is 6.53. The van der Waals surface area contributed by atoms with Crippen LogP contribution in [0.3, 0.4) is 0 Å². The van der Waals surface area contributed by atoms with E-state index in [2.05, 4.69) is 20.8 Å². The maximum Gasteiger partial charge on any atom is 0.214 e. The van der Waals surface area contributed by atoms with Crippen LogP contribution in [0.2, 0.25) is 0 Å². The Morgan fingerprint density at radius 2 is 1.66 bits per heavy atom. The summed E-state index contributed by atoms with van der Waals surface area (Å²) in [5, 5.41) is 0. The van der Waals surface area contributed by atoms with Crippen molar-refractivity contribution in [1.82, 2.24) is 9.21 Å². The van der Waals surface area contributed by atoms with Gasteiger partial charge < -0.3 is 0 Å². The molecule has 5 nitrogen and oxygen atoms in total. The number of hydrogen-bond donors (Lipinski definition) is 0. The van der Waals surface area contributed by atoms with Gasteiger partial charge in [0.15, 0.2) is 5.78 Å². The molecule has 1 saturated heterocycles. The summed E-state index contributed by atoms with van der Waals surface area (Å²) in [7, 11) is -3.12. The normalized spacial score (nSPS) is 21.2. The predicted octanol–water partition coefficient (Wildman–Crippen LogP) is 4.47. The van der Waals surface area contributed by atoms with Crippen LogP contribution in [-0.4, -0.2) is 60.9 Å². The van der Waals surface area contributed by atoms with E-state index in [0.717, 1.165) is 42.4 Å². The third-order valence-corrected chi connectivity index (χ3v) is 9.14. The van der Waals surface area contributed by atoms with Crippen molar-refractivity contribution in [3.05, 3.63) is 34.3 Å². The zero-order chi connectivity index (χ0) is 20.9. The van der Waals surface area contributed by atoms with E-state index in [-0.39, 0.29) is 17.1 Å². The Morgan fingerprint density at radius 3 is 2.24 bits per heavy atom. The zero-order valence-electron chi connectivity index (χ0n) is 17.4. The van der Waals surface area contributed by atoms with Gasteiger partial charge in [-0.25, -0.2) is 8.42 Å². The van der Waals surface area contributed by atoms with Crippen molar-refractivity contribution in [2.45, 2.75) is 63.8 Å². The fourth-order valence-corrected chi connectivity index (χ4v) is 6.65. The van der Waals surface area contributed by atoms with Gasteiger partial charge in [0.05, 0.1) is 5.75 Å². The first-order valence-electron chi connectivity index (χ1n) is 10.9. The number of sulfonamides is 1. The highest BCUT2D eigenvalue weighted by Crippen LogP contribution is 2.38. The van der Waals surface area contributed by atoms with Crippen LogP contribution < -0.4 is 0 Å². The first kappa shape index (κ1) is 22.9. The molecule has 29 heavy (non-hydrogen) atoms. The average molecular weight is 485 g/mol. The minimum Gasteiger partial charge on any atom is -0.295 e. The molecule has 0 aromatic heterocycles. The van der Waals surface area contributed by atoms with Crippen LogP contribution in [0, 0.1) is 0 Å². The number of Topliss-reactive ketones (excluding diaryl/α,β-unsaturated/α-hetero) is 1. The molecule has 0 amide bonds. The van der Waals surface area contributed by atoms with Crippen molar-refractivity contribution in [3.8, 4) is 0 Å². The Kier molecular flexibility index (Phi) is 7.93. The molecule has 1 aromatic carbocycles. The first-order valence-corrected chi connectivity index (χ1v) is 13.3. The summed E-state index contributed by atoms with van der Waals surface area (Å²) < 4.78 is 27.5. The molecule has 1 aromatic rings. The second kappa shape index (κ2) is 10.0. The van der Waals surface area contributed by atoms with E-state index in [9.17, 15) is 13.2 Å². The fraction of sp³-hybridized carbons (Fsp3) is 0.682. The molecule has 0 atom stereocenters. The van der Waals surface area contributed by atoms with Crippen LogP contribution in [0.4, 0.5) is 0 Å². The molecule has 1 aliphatic carbocycles. The van der Waals surface area contributed by atoms with Gasteiger partial charge in [-0.05, 0) is 37.8 Å². The number of carbonyl (C=O) groups is 1. The molecular formula is C22H33BrN2O3S. The second-order valence-electron chi connectivity index (χ2n) is 8.42. The van der Waals surface area contributed by atoms with Crippen LogP contribution in [0.15, 0.2) is 28.7 Å². The molecule has 1 aliphatic heterocycles. The van der Waals surface area contributed by atoms with E-state index in [0.29, 0.717) is 25.9 Å². The number of nitrogens with zero attached hydrogens (tertiary/aromatic N) is 2. The van der Waals surface area contributed by atoms with Crippen LogP contribution in [-0.2, 0) is 10.0 Å². The van der Waals surface area contributed by atoms with E-state index in [4.69, 9.17) is 0 Å². The van der Waals surface area contributed by atoms with Crippen LogP contribution >= 0.6 is 15.9 Å². The first-order chi connectivity index (χ1) is 13.9. The van der Waals surface area contributed by atoms with Gasteiger partial charge in [-0.15, -0.1) is 0 Å². The van der Waals surface area contributed by atoms with E-state index < -0.39 is 10.0 Å². The molecule has 1 saturated carbocycles. The van der Waals surface area contributed by atoms with Crippen LogP contribution in [0.5, 0.6) is 0 Å². The highest BCUT2D eigenvalue weighted by molar-refractivity contribution is 9.10. The smallest absolute Gasteiger partial charge is 0.214 e. The summed E-state index contributed by atoms with van der Waals surface area (Å²) in [5.74, 6) is 0.437. The Bertz CT molecular complexity index is 781. The van der Waals surface area contributed by atoms with Gasteiger partial charge in [0.2, 0.25) is 10.0 Å². The lowest BCUT2D eigenvalue weighted by atomic mass is 9.76. The summed E-state index contributed by atoms with van der Waals surface area (Å²) >= 11 is 3.42. The van der Waals surface area contributed by atoms with Gasteiger partial charge in [0.25, 0.3) is 0 Å². The fourth-order valence-electron chi connectivity index (χ4n) is 4.89. The molecule has 2 aliphatic rings. The van der Waals surface area contributed by atoms with Crippen molar-refractivity contribution < 1.29 is 13.2 Å². The number of halogens is 1. The molecule has 0 radical (unpaired) electrons. The minimum absolute atomic E-state index is 0.0455. The molecule has 1 heterocycles. The number of rotatable bonds is 8. The standard InChI is InChI=1S/C22H33BrN2O3S/c1-2-18-29(27,28)25-16-14-24(15-17-25)22(11-4-3-5-12-22)13-10-21(26)19-6-8-20(23)9-7-19/h6-9H,2-5,10-18H2,1H3. The quantitative estimate of drug-likeness (QED) is 0.510. The molecule has 7 heteroatoms. The number of ketones is 1. The highest BCUT2D eigenvalue weighted by atomic mass is 79.9. The Hall–Kier alpha value is -0.760. The molecular weight excluding hydrogens is 452 g/mol. The number of benzene rings is 1. The maximum absolute atomic E-state index is 12.8. The monoisotopic (exact) mass is 484 g/mol. The Balaban J connectivity index is 1.64. The van der Waals surface area contributed by atoms with Gasteiger partial charge in [-0.1, -0.05) is 54.2 Å². The molecule has 2 fully saturated rings. The van der Waals surface area contributed by atoms with Crippen LogP contribution in [0.25, 0.3) is 0 Å². The number of piperazine rings is 1. The van der Waals surface area contributed by atoms with E-state index in [1.165, 1.54) is 19.3 Å². The van der Waals surface area contributed by atoms with Crippen LogP contribution in [0.1, 0.15) is 68.6 Å². The molecule has 0 spiro atoms. The lowest BCUT2D eigenvalue weighted by molar-refractivity contribution is 0.0165. The third kappa shape index (κ3) is 5.69. The van der Waals surface area contributed by atoms with Crippen molar-refractivity contribution in [1.29, 1.82) is 0 Å². The summed E-state index contributed by atoms with van der Waals surface area (Å²) in [5.41, 5.74) is 0.818. The van der Waals surface area contributed by atoms with Gasteiger partial charge in [0.1, 0.15) is 0 Å². The van der Waals surface area contributed by atoms with Gasteiger partial charge >= 0.3 is 0 Å². The van der Waals surface area contributed by atoms with Crippen molar-refractivity contribution in [2.24, 2.45) is 0 Å². The van der Waals surface area contributed by atoms with E-state index in [1.807, 2.05) is 31.2 Å². The van der Waals surface area contributed by atoms with Crippen molar-refractivity contribution >= 4 is 31.7 Å². The summed E-state index contributed by atoms with van der Waals surface area (Å²) in [6.45, 7) is 4.60. The second-order valence-corrected chi connectivity index (χ2v) is 11.4. The molecule has 0 bridgehead atoms. The van der Waals surface area contributed by atoms with E-state index in [1.54, 1.807) is 4.31 Å². The molecule has 162 valence electrons. The minimum atomic E-state index is -3.12. The Morgan fingerprint density at radius 1 is 1.03 bits per heavy atom. The van der Waals surface area contributed by atoms with E-state index >= 15 is 0 Å². The average Bonchev–Trinajstić information content (AvgIpc) is 2.73. The highest BCUT2D eigenvalue weighted by Gasteiger charge is 2.40. The molecule has 3 rings (SSSR count). The topological polar surface area (TPSA) is 57.7 Å². The van der Waals surface area contributed by atoms with Gasteiger partial charge in [-0.2, -0.15) is 4.31 Å².